The number of aliphatic carboxylic acids is 1. The number of carbonyl (C=O) groups is 2. The summed E-state index contributed by atoms with van der Waals surface area (Å²) in [5.41, 5.74) is 0.512. The van der Waals surface area contributed by atoms with Crippen molar-refractivity contribution >= 4 is 11.9 Å². The standard InChI is InChI=1S/C18H25NO4/c1-12(2)9-15(18(21)22)10-19-17(20)14-5-7-16(8-6-14)23-11-13-3-4-13/h5-8,12-13,15H,3-4,9-11H2,1-2H3,(H,19,20)(H,21,22). The van der Waals surface area contributed by atoms with Crippen molar-refractivity contribution in [2.24, 2.45) is 17.8 Å². The van der Waals surface area contributed by atoms with Crippen molar-refractivity contribution in [1.29, 1.82) is 0 Å². The largest absolute Gasteiger partial charge is 0.493 e. The molecule has 0 heterocycles. The van der Waals surface area contributed by atoms with Crippen LogP contribution in [0.15, 0.2) is 24.3 Å². The van der Waals surface area contributed by atoms with Crippen LogP contribution in [0.1, 0.15) is 43.5 Å². The lowest BCUT2D eigenvalue weighted by atomic mass is 9.97. The highest BCUT2D eigenvalue weighted by molar-refractivity contribution is 5.94. The lowest BCUT2D eigenvalue weighted by molar-refractivity contribution is -0.142. The Bertz CT molecular complexity index is 534. The van der Waals surface area contributed by atoms with Crippen molar-refractivity contribution in [3.05, 3.63) is 29.8 Å². The molecule has 2 rings (SSSR count). The Kier molecular flexibility index (Phi) is 6.02. The first kappa shape index (κ1) is 17.3. The third kappa shape index (κ3) is 5.93. The summed E-state index contributed by atoms with van der Waals surface area (Å²) in [4.78, 5) is 23.3. The van der Waals surface area contributed by atoms with Crippen LogP contribution < -0.4 is 10.1 Å². The van der Waals surface area contributed by atoms with Gasteiger partial charge in [-0.25, -0.2) is 0 Å². The van der Waals surface area contributed by atoms with Crippen LogP contribution in [-0.2, 0) is 4.79 Å². The zero-order valence-corrected chi connectivity index (χ0v) is 13.7. The number of carboxylic acid groups (broad SMARTS) is 1. The van der Waals surface area contributed by atoms with Crippen LogP contribution in [-0.4, -0.2) is 30.1 Å². The molecule has 0 radical (unpaired) electrons. The van der Waals surface area contributed by atoms with E-state index in [0.717, 1.165) is 12.4 Å². The summed E-state index contributed by atoms with van der Waals surface area (Å²) in [6.07, 6.45) is 3.02. The number of rotatable bonds is 9. The molecule has 5 heteroatoms. The van der Waals surface area contributed by atoms with E-state index in [2.05, 4.69) is 5.32 Å². The highest BCUT2D eigenvalue weighted by atomic mass is 16.5. The Morgan fingerprint density at radius 1 is 1.26 bits per heavy atom. The van der Waals surface area contributed by atoms with E-state index in [4.69, 9.17) is 4.74 Å². The first-order chi connectivity index (χ1) is 11.0. The molecule has 0 aliphatic heterocycles. The highest BCUT2D eigenvalue weighted by Gasteiger charge is 2.22. The minimum atomic E-state index is -0.872. The maximum atomic E-state index is 12.1. The summed E-state index contributed by atoms with van der Waals surface area (Å²) >= 11 is 0. The van der Waals surface area contributed by atoms with Gasteiger partial charge in [-0.2, -0.15) is 0 Å². The van der Waals surface area contributed by atoms with Crippen molar-refractivity contribution in [3.63, 3.8) is 0 Å². The van der Waals surface area contributed by atoms with Crippen molar-refractivity contribution in [3.8, 4) is 5.75 Å². The van der Waals surface area contributed by atoms with Crippen LogP contribution in [0.4, 0.5) is 0 Å². The maximum absolute atomic E-state index is 12.1. The number of carbonyl (C=O) groups excluding carboxylic acids is 1. The van der Waals surface area contributed by atoms with Crippen molar-refractivity contribution in [1.82, 2.24) is 5.32 Å². The van der Waals surface area contributed by atoms with Crippen molar-refractivity contribution in [2.75, 3.05) is 13.2 Å². The van der Waals surface area contributed by atoms with Crippen molar-refractivity contribution < 1.29 is 19.4 Å². The Hall–Kier alpha value is -2.04. The maximum Gasteiger partial charge on any atom is 0.308 e. The normalized spacial score (nSPS) is 15.3. The van der Waals surface area contributed by atoms with Gasteiger partial charge in [0.2, 0.25) is 0 Å². The quantitative estimate of drug-likeness (QED) is 0.734. The fourth-order valence-corrected chi connectivity index (χ4v) is 2.36. The Morgan fingerprint density at radius 3 is 2.43 bits per heavy atom. The van der Waals surface area contributed by atoms with Crippen LogP contribution in [0.5, 0.6) is 5.75 Å². The molecule has 126 valence electrons. The molecule has 0 bridgehead atoms. The summed E-state index contributed by atoms with van der Waals surface area (Å²) in [5.74, 6) is 0.0381. The number of carboxylic acids is 1. The summed E-state index contributed by atoms with van der Waals surface area (Å²) in [6.45, 7) is 4.82. The van der Waals surface area contributed by atoms with Gasteiger partial charge in [-0.15, -0.1) is 0 Å². The first-order valence-corrected chi connectivity index (χ1v) is 8.19. The Labute approximate surface area is 137 Å². The van der Waals surface area contributed by atoms with Gasteiger partial charge in [-0.3, -0.25) is 9.59 Å². The van der Waals surface area contributed by atoms with Gasteiger partial charge < -0.3 is 15.2 Å². The smallest absolute Gasteiger partial charge is 0.308 e. The molecule has 2 N–H and O–H groups in total. The summed E-state index contributed by atoms with van der Waals surface area (Å²) in [5, 5.41) is 11.9. The minimum absolute atomic E-state index is 0.145. The van der Waals surface area contributed by atoms with E-state index in [1.807, 2.05) is 13.8 Å². The second kappa shape index (κ2) is 7.99. The fourth-order valence-electron chi connectivity index (χ4n) is 2.36. The lowest BCUT2D eigenvalue weighted by Gasteiger charge is -2.15. The predicted molar refractivity (Wildman–Crippen MR) is 87.6 cm³/mol. The zero-order chi connectivity index (χ0) is 16.8. The number of amides is 1. The first-order valence-electron chi connectivity index (χ1n) is 8.19. The van der Waals surface area contributed by atoms with Gasteiger partial charge in [-0.05, 0) is 55.4 Å². The van der Waals surface area contributed by atoms with E-state index in [9.17, 15) is 14.7 Å². The molecule has 23 heavy (non-hydrogen) atoms. The molecule has 1 atom stereocenters. The van der Waals surface area contributed by atoms with E-state index >= 15 is 0 Å². The third-order valence-corrected chi connectivity index (χ3v) is 3.91. The molecule has 1 saturated carbocycles. The van der Waals surface area contributed by atoms with Gasteiger partial charge in [0.1, 0.15) is 5.75 Å². The van der Waals surface area contributed by atoms with E-state index in [0.29, 0.717) is 17.9 Å². The highest BCUT2D eigenvalue weighted by Crippen LogP contribution is 2.29. The molecular formula is C18H25NO4. The number of ether oxygens (including phenoxy) is 1. The van der Waals surface area contributed by atoms with E-state index in [1.165, 1.54) is 12.8 Å². The molecule has 1 aliphatic rings. The zero-order valence-electron chi connectivity index (χ0n) is 13.7. The van der Waals surface area contributed by atoms with Crippen LogP contribution in [0.25, 0.3) is 0 Å². The molecule has 0 spiro atoms. The van der Waals surface area contributed by atoms with Gasteiger partial charge in [-0.1, -0.05) is 13.8 Å². The number of hydrogen-bond acceptors (Lipinski definition) is 3. The SMILES string of the molecule is CC(C)CC(CNC(=O)c1ccc(OCC2CC2)cc1)C(=O)O. The topological polar surface area (TPSA) is 75.6 Å². The van der Waals surface area contributed by atoms with E-state index in [-0.39, 0.29) is 18.4 Å². The molecule has 1 aromatic rings. The van der Waals surface area contributed by atoms with Crippen LogP contribution in [0.2, 0.25) is 0 Å². The molecular weight excluding hydrogens is 294 g/mol. The molecule has 5 nitrogen and oxygen atoms in total. The average molecular weight is 319 g/mol. The predicted octanol–water partition coefficient (Wildman–Crippen LogP) is 2.95. The molecule has 1 amide bonds. The van der Waals surface area contributed by atoms with Gasteiger partial charge in [0.15, 0.2) is 0 Å². The molecule has 1 aliphatic carbocycles. The number of nitrogens with one attached hydrogen (secondary N) is 1. The molecule has 0 aromatic heterocycles. The average Bonchev–Trinajstić information content (AvgIpc) is 3.33. The van der Waals surface area contributed by atoms with Crippen molar-refractivity contribution in [2.45, 2.75) is 33.1 Å². The second-order valence-corrected chi connectivity index (χ2v) is 6.65. The van der Waals surface area contributed by atoms with Gasteiger partial charge in [0.05, 0.1) is 12.5 Å². The minimum Gasteiger partial charge on any atom is -0.493 e. The Balaban J connectivity index is 1.82. The summed E-state index contributed by atoms with van der Waals surface area (Å²) < 4.78 is 5.63. The second-order valence-electron chi connectivity index (χ2n) is 6.65. The van der Waals surface area contributed by atoms with E-state index in [1.54, 1.807) is 24.3 Å². The van der Waals surface area contributed by atoms with Crippen LogP contribution in [0, 0.1) is 17.8 Å². The van der Waals surface area contributed by atoms with Gasteiger partial charge in [0.25, 0.3) is 5.91 Å². The van der Waals surface area contributed by atoms with Crippen LogP contribution >= 0.6 is 0 Å². The fraction of sp³-hybridized carbons (Fsp3) is 0.556. The molecule has 1 fully saturated rings. The monoisotopic (exact) mass is 319 g/mol. The summed E-state index contributed by atoms with van der Waals surface area (Å²) in [7, 11) is 0. The van der Waals surface area contributed by atoms with E-state index < -0.39 is 11.9 Å². The lowest BCUT2D eigenvalue weighted by Crippen LogP contribution is -2.33. The Morgan fingerprint density at radius 2 is 1.91 bits per heavy atom. The molecule has 1 unspecified atom stereocenters. The third-order valence-electron chi connectivity index (χ3n) is 3.91. The number of hydrogen-bond donors (Lipinski definition) is 2. The van der Waals surface area contributed by atoms with Gasteiger partial charge in [0, 0.05) is 12.1 Å². The molecule has 1 aromatic carbocycles. The molecule has 0 saturated heterocycles. The van der Waals surface area contributed by atoms with Crippen LogP contribution in [0.3, 0.4) is 0 Å². The summed E-state index contributed by atoms with van der Waals surface area (Å²) in [6, 6.07) is 6.96. The number of benzene rings is 1. The van der Waals surface area contributed by atoms with Gasteiger partial charge >= 0.3 is 5.97 Å².